The molecule has 0 spiro atoms. The summed E-state index contributed by atoms with van der Waals surface area (Å²) in [5, 5.41) is 8.32. The van der Waals surface area contributed by atoms with Gasteiger partial charge in [0.1, 0.15) is 0 Å². The molecule has 0 aliphatic heterocycles. The molecule has 1 unspecified atom stereocenters. The van der Waals surface area contributed by atoms with E-state index in [9.17, 15) is 4.79 Å². The molecule has 0 aromatic heterocycles. The third kappa shape index (κ3) is 4.01. The van der Waals surface area contributed by atoms with E-state index in [1.165, 1.54) is 0 Å². The maximum Gasteiger partial charge on any atom is 0.303 e. The molecule has 2 heteroatoms. The highest BCUT2D eigenvalue weighted by atomic mass is 16.4. The van der Waals surface area contributed by atoms with Crippen LogP contribution in [0.25, 0.3) is 0 Å². The van der Waals surface area contributed by atoms with Crippen LogP contribution in [0.1, 0.15) is 26.2 Å². The molecule has 0 bridgehead atoms. The highest BCUT2D eigenvalue weighted by Gasteiger charge is 2.07. The maximum atomic E-state index is 10.1. The van der Waals surface area contributed by atoms with Crippen molar-refractivity contribution in [3.63, 3.8) is 0 Å². The predicted molar refractivity (Wildman–Crippen MR) is 36.0 cm³/mol. The molecule has 1 N–H and O–H groups in total. The number of aliphatic carboxylic acids is 1. The van der Waals surface area contributed by atoms with E-state index < -0.39 is 5.97 Å². The molecule has 0 fully saturated rings. The number of carboxylic acid groups (broad SMARTS) is 1. The van der Waals surface area contributed by atoms with Crippen molar-refractivity contribution < 1.29 is 9.90 Å². The zero-order valence-electron chi connectivity index (χ0n) is 5.76. The first-order valence-electron chi connectivity index (χ1n) is 3.21. The van der Waals surface area contributed by atoms with Gasteiger partial charge in [0.2, 0.25) is 0 Å². The summed E-state index contributed by atoms with van der Waals surface area (Å²) < 4.78 is 0. The van der Waals surface area contributed by atoms with Crippen LogP contribution in [0.2, 0.25) is 0 Å². The van der Waals surface area contributed by atoms with Crippen molar-refractivity contribution >= 4 is 5.97 Å². The smallest absolute Gasteiger partial charge is 0.303 e. The van der Waals surface area contributed by atoms with Gasteiger partial charge in [-0.2, -0.15) is 0 Å². The first-order chi connectivity index (χ1) is 4.20. The molecule has 0 aromatic carbocycles. The van der Waals surface area contributed by atoms with Gasteiger partial charge in [0.05, 0.1) is 0 Å². The minimum atomic E-state index is -0.717. The fourth-order valence-electron chi connectivity index (χ4n) is 0.697. The highest BCUT2D eigenvalue weighted by Crippen LogP contribution is 2.10. The van der Waals surface area contributed by atoms with Crippen LogP contribution in [0.15, 0.2) is 0 Å². The Kier molecular flexibility index (Phi) is 4.10. The Labute approximate surface area is 55.9 Å². The molecule has 0 aromatic rings. The van der Waals surface area contributed by atoms with E-state index in [1.54, 1.807) is 0 Å². The van der Waals surface area contributed by atoms with E-state index in [0.29, 0.717) is 0 Å². The molecule has 9 heavy (non-hydrogen) atoms. The Balaban J connectivity index is 3.43. The molecular weight excluding hydrogens is 116 g/mol. The van der Waals surface area contributed by atoms with E-state index in [0.717, 1.165) is 12.8 Å². The van der Waals surface area contributed by atoms with E-state index in [4.69, 9.17) is 5.11 Å². The first kappa shape index (κ1) is 8.47. The second-order valence-corrected chi connectivity index (χ2v) is 2.16. The number of hydrogen-bond acceptors (Lipinski definition) is 1. The molecule has 0 rings (SSSR count). The summed E-state index contributed by atoms with van der Waals surface area (Å²) in [6.45, 7) is 5.63. The van der Waals surface area contributed by atoms with E-state index in [1.807, 2.05) is 6.92 Å². The van der Waals surface area contributed by atoms with E-state index in [-0.39, 0.29) is 12.3 Å². The molecule has 1 radical (unpaired) electrons. The van der Waals surface area contributed by atoms with Crippen LogP contribution in [-0.4, -0.2) is 11.1 Å². The molecule has 0 saturated carbocycles. The monoisotopic (exact) mass is 129 g/mol. The third-order valence-electron chi connectivity index (χ3n) is 1.45. The number of rotatable bonds is 4. The average molecular weight is 129 g/mol. The fourth-order valence-corrected chi connectivity index (χ4v) is 0.697. The van der Waals surface area contributed by atoms with Gasteiger partial charge in [0.15, 0.2) is 0 Å². The fraction of sp³-hybridized carbons (Fsp3) is 0.714. The molecule has 1 atom stereocenters. The van der Waals surface area contributed by atoms with Crippen LogP contribution in [0, 0.1) is 12.8 Å². The quantitative estimate of drug-likeness (QED) is 0.627. The molecular formula is C7H13O2. The van der Waals surface area contributed by atoms with Crippen molar-refractivity contribution in [3.05, 3.63) is 6.92 Å². The molecule has 0 aliphatic carbocycles. The minimum Gasteiger partial charge on any atom is -0.481 e. The van der Waals surface area contributed by atoms with Crippen LogP contribution in [0.3, 0.4) is 0 Å². The molecule has 2 nitrogen and oxygen atoms in total. The normalized spacial score (nSPS) is 10.1. The van der Waals surface area contributed by atoms with Gasteiger partial charge in [-0.1, -0.05) is 20.3 Å². The molecule has 53 valence electrons. The number of carboxylic acids is 1. The number of carbonyl (C=O) groups is 1. The molecule has 0 aliphatic rings. The van der Waals surface area contributed by atoms with E-state index >= 15 is 0 Å². The van der Waals surface area contributed by atoms with Crippen LogP contribution in [0.4, 0.5) is 0 Å². The van der Waals surface area contributed by atoms with Gasteiger partial charge in [0, 0.05) is 6.42 Å². The Morgan fingerprint density at radius 3 is 2.44 bits per heavy atom. The lowest BCUT2D eigenvalue weighted by Gasteiger charge is -2.06. The maximum absolute atomic E-state index is 10.1. The van der Waals surface area contributed by atoms with Gasteiger partial charge >= 0.3 is 5.97 Å². The Morgan fingerprint density at radius 2 is 2.33 bits per heavy atom. The van der Waals surface area contributed by atoms with Crippen molar-refractivity contribution in [2.75, 3.05) is 0 Å². The van der Waals surface area contributed by atoms with Crippen LogP contribution < -0.4 is 0 Å². The Hall–Kier alpha value is -0.530. The second-order valence-electron chi connectivity index (χ2n) is 2.16. The number of hydrogen-bond donors (Lipinski definition) is 1. The van der Waals surface area contributed by atoms with Crippen LogP contribution in [0.5, 0.6) is 0 Å². The SMILES string of the molecule is [CH2]CC(CC)CC(=O)O. The van der Waals surface area contributed by atoms with Crippen LogP contribution >= 0.6 is 0 Å². The molecule has 0 amide bonds. The summed E-state index contributed by atoms with van der Waals surface area (Å²) in [6.07, 6.45) is 1.90. The average Bonchev–Trinajstić information content (AvgIpc) is 1.82. The molecule has 0 heterocycles. The van der Waals surface area contributed by atoms with Gasteiger partial charge in [-0.25, -0.2) is 0 Å². The van der Waals surface area contributed by atoms with Gasteiger partial charge in [0.25, 0.3) is 0 Å². The first-order valence-corrected chi connectivity index (χ1v) is 3.21. The van der Waals surface area contributed by atoms with Gasteiger partial charge < -0.3 is 5.11 Å². The zero-order valence-corrected chi connectivity index (χ0v) is 5.76. The second kappa shape index (κ2) is 4.36. The highest BCUT2D eigenvalue weighted by molar-refractivity contribution is 5.66. The van der Waals surface area contributed by atoms with Gasteiger partial charge in [-0.3, -0.25) is 4.79 Å². The lowest BCUT2D eigenvalue weighted by atomic mass is 10.00. The van der Waals surface area contributed by atoms with Crippen molar-refractivity contribution in [2.24, 2.45) is 5.92 Å². The summed E-state index contributed by atoms with van der Waals surface area (Å²) in [4.78, 5) is 10.1. The van der Waals surface area contributed by atoms with E-state index in [2.05, 4.69) is 6.92 Å². The minimum absolute atomic E-state index is 0.264. The standard InChI is InChI=1S/C7H13O2/c1-3-6(4-2)5-7(8)9/h6H,1,3-5H2,2H3,(H,8,9). The summed E-state index contributed by atoms with van der Waals surface area (Å²) in [7, 11) is 0. The Morgan fingerprint density at radius 1 is 1.78 bits per heavy atom. The van der Waals surface area contributed by atoms with Gasteiger partial charge in [-0.15, -0.1) is 0 Å². The summed E-state index contributed by atoms with van der Waals surface area (Å²) in [5.74, 6) is -0.451. The topological polar surface area (TPSA) is 37.3 Å². The largest absolute Gasteiger partial charge is 0.481 e. The lowest BCUT2D eigenvalue weighted by Crippen LogP contribution is -2.05. The van der Waals surface area contributed by atoms with Crippen molar-refractivity contribution in [3.8, 4) is 0 Å². The zero-order chi connectivity index (χ0) is 7.28. The van der Waals surface area contributed by atoms with Crippen molar-refractivity contribution in [1.82, 2.24) is 0 Å². The van der Waals surface area contributed by atoms with Crippen molar-refractivity contribution in [2.45, 2.75) is 26.2 Å². The molecule has 0 saturated heterocycles. The van der Waals surface area contributed by atoms with Crippen LogP contribution in [-0.2, 0) is 4.79 Å². The summed E-state index contributed by atoms with van der Waals surface area (Å²) in [5.41, 5.74) is 0. The summed E-state index contributed by atoms with van der Waals surface area (Å²) >= 11 is 0. The van der Waals surface area contributed by atoms with Gasteiger partial charge in [-0.05, 0) is 12.3 Å². The predicted octanol–water partition coefficient (Wildman–Crippen LogP) is 1.71. The Bertz CT molecular complexity index is 84.9. The lowest BCUT2D eigenvalue weighted by molar-refractivity contribution is -0.138. The van der Waals surface area contributed by atoms with Crippen molar-refractivity contribution in [1.29, 1.82) is 0 Å². The summed E-state index contributed by atoms with van der Waals surface area (Å²) in [6, 6.07) is 0. The third-order valence-corrected chi connectivity index (χ3v) is 1.45.